The average Bonchev–Trinajstić information content (AvgIpc) is 3.28. The van der Waals surface area contributed by atoms with Crippen molar-refractivity contribution in [3.8, 4) is 0 Å². The molecule has 2 N–H and O–H groups in total. The van der Waals surface area contributed by atoms with Crippen LogP contribution in [0, 0.1) is 17.2 Å². The van der Waals surface area contributed by atoms with Crippen LogP contribution in [0.2, 0.25) is 0 Å². The van der Waals surface area contributed by atoms with E-state index in [0.29, 0.717) is 12.0 Å². The van der Waals surface area contributed by atoms with Gasteiger partial charge in [0, 0.05) is 20.1 Å². The summed E-state index contributed by atoms with van der Waals surface area (Å²) in [4.78, 5) is 4.28. The molecule has 21 heavy (non-hydrogen) atoms. The van der Waals surface area contributed by atoms with Crippen LogP contribution in [0.4, 0.5) is 4.39 Å². The lowest BCUT2D eigenvalue weighted by molar-refractivity contribution is 0.106. The minimum Gasteiger partial charge on any atom is -0.356 e. The molecule has 2 aliphatic carbocycles. The number of rotatable bonds is 5. The molecule has 4 heteroatoms. The van der Waals surface area contributed by atoms with Gasteiger partial charge in [0.1, 0.15) is 5.82 Å². The molecular formula is C17H24FN3. The Morgan fingerprint density at radius 1 is 1.24 bits per heavy atom. The third-order valence-electron chi connectivity index (χ3n) is 5.00. The number of guanidine groups is 1. The minimum absolute atomic E-state index is 0.197. The maximum absolute atomic E-state index is 12.9. The van der Waals surface area contributed by atoms with Crippen LogP contribution in [0.25, 0.3) is 0 Å². The highest BCUT2D eigenvalue weighted by Crippen LogP contribution is 2.56. The van der Waals surface area contributed by atoms with Gasteiger partial charge in [0.25, 0.3) is 0 Å². The monoisotopic (exact) mass is 289 g/mol. The van der Waals surface area contributed by atoms with E-state index in [1.54, 1.807) is 19.2 Å². The Balaban J connectivity index is 1.48. The van der Waals surface area contributed by atoms with Gasteiger partial charge < -0.3 is 10.6 Å². The fourth-order valence-corrected chi connectivity index (χ4v) is 3.32. The summed E-state index contributed by atoms with van der Waals surface area (Å²) in [6.07, 6.45) is 6.91. The molecule has 0 heterocycles. The lowest BCUT2D eigenvalue weighted by Gasteiger charge is -2.43. The molecular weight excluding hydrogens is 265 g/mol. The van der Waals surface area contributed by atoms with E-state index in [1.807, 2.05) is 0 Å². The van der Waals surface area contributed by atoms with Crippen molar-refractivity contribution in [2.24, 2.45) is 16.3 Å². The molecule has 2 fully saturated rings. The zero-order valence-electron chi connectivity index (χ0n) is 12.7. The van der Waals surface area contributed by atoms with Crippen molar-refractivity contribution in [2.45, 2.75) is 38.6 Å². The second kappa shape index (κ2) is 6.04. The van der Waals surface area contributed by atoms with Gasteiger partial charge in [-0.2, -0.15) is 0 Å². The third-order valence-corrected chi connectivity index (χ3v) is 5.00. The summed E-state index contributed by atoms with van der Waals surface area (Å²) >= 11 is 0. The van der Waals surface area contributed by atoms with E-state index in [4.69, 9.17) is 0 Å². The van der Waals surface area contributed by atoms with Gasteiger partial charge in [-0.25, -0.2) is 4.39 Å². The van der Waals surface area contributed by atoms with E-state index >= 15 is 0 Å². The first-order valence-corrected chi connectivity index (χ1v) is 7.91. The fraction of sp³-hybridized carbons (Fsp3) is 0.588. The van der Waals surface area contributed by atoms with Crippen LogP contribution >= 0.6 is 0 Å². The maximum Gasteiger partial charge on any atom is 0.191 e. The highest BCUT2D eigenvalue weighted by Gasteiger charge is 2.48. The minimum atomic E-state index is -0.197. The van der Waals surface area contributed by atoms with Crippen LogP contribution < -0.4 is 10.6 Å². The number of nitrogens with one attached hydrogen (secondary N) is 2. The molecule has 0 aromatic heterocycles. The predicted molar refractivity (Wildman–Crippen MR) is 83.6 cm³/mol. The van der Waals surface area contributed by atoms with Crippen molar-refractivity contribution in [1.29, 1.82) is 0 Å². The third kappa shape index (κ3) is 3.36. The molecule has 114 valence electrons. The van der Waals surface area contributed by atoms with Crippen molar-refractivity contribution in [3.05, 3.63) is 35.6 Å². The molecule has 0 aliphatic heterocycles. The molecule has 0 unspecified atom stereocenters. The van der Waals surface area contributed by atoms with Gasteiger partial charge in [-0.15, -0.1) is 0 Å². The average molecular weight is 289 g/mol. The Morgan fingerprint density at radius 3 is 2.48 bits per heavy atom. The van der Waals surface area contributed by atoms with Gasteiger partial charge in [0.05, 0.1) is 0 Å². The quantitative estimate of drug-likeness (QED) is 0.645. The summed E-state index contributed by atoms with van der Waals surface area (Å²) in [7, 11) is 1.80. The summed E-state index contributed by atoms with van der Waals surface area (Å²) in [5.74, 6) is 1.58. The zero-order valence-corrected chi connectivity index (χ0v) is 12.7. The maximum atomic E-state index is 12.9. The Labute approximate surface area is 126 Å². The van der Waals surface area contributed by atoms with E-state index in [2.05, 4.69) is 15.6 Å². The molecule has 2 aliphatic rings. The van der Waals surface area contributed by atoms with Crippen LogP contribution in [-0.2, 0) is 6.54 Å². The van der Waals surface area contributed by atoms with Gasteiger partial charge >= 0.3 is 0 Å². The number of aliphatic imine (C=N–C) groups is 1. The number of halogens is 1. The zero-order chi connectivity index (χ0) is 14.7. The Morgan fingerprint density at radius 2 is 1.95 bits per heavy atom. The Bertz CT molecular complexity index is 501. The van der Waals surface area contributed by atoms with E-state index in [1.165, 1.54) is 44.2 Å². The molecule has 0 radical (unpaired) electrons. The lowest BCUT2D eigenvalue weighted by Crippen LogP contribution is -2.47. The first-order chi connectivity index (χ1) is 10.2. The summed E-state index contributed by atoms with van der Waals surface area (Å²) in [6, 6.07) is 6.58. The summed E-state index contributed by atoms with van der Waals surface area (Å²) < 4.78 is 12.9. The van der Waals surface area contributed by atoms with Crippen LogP contribution in [0.15, 0.2) is 29.3 Å². The molecule has 0 bridgehead atoms. The number of benzene rings is 1. The highest BCUT2D eigenvalue weighted by atomic mass is 19.1. The molecule has 1 aromatic carbocycles. The van der Waals surface area contributed by atoms with Crippen molar-refractivity contribution in [1.82, 2.24) is 10.6 Å². The summed E-state index contributed by atoms with van der Waals surface area (Å²) in [6.45, 7) is 1.69. The second-order valence-electron chi connectivity index (χ2n) is 6.40. The van der Waals surface area contributed by atoms with Crippen LogP contribution in [-0.4, -0.2) is 19.6 Å². The van der Waals surface area contributed by atoms with Crippen molar-refractivity contribution >= 4 is 5.96 Å². The lowest BCUT2D eigenvalue weighted by atomic mass is 9.65. The molecule has 0 spiro atoms. The topological polar surface area (TPSA) is 36.4 Å². The van der Waals surface area contributed by atoms with Gasteiger partial charge in [-0.3, -0.25) is 4.99 Å². The van der Waals surface area contributed by atoms with Gasteiger partial charge in [-0.05, 0) is 54.7 Å². The first kappa shape index (κ1) is 14.4. The summed E-state index contributed by atoms with van der Waals surface area (Å²) in [5, 5.41) is 6.78. The first-order valence-electron chi connectivity index (χ1n) is 7.91. The highest BCUT2D eigenvalue weighted by molar-refractivity contribution is 5.79. The standard InChI is InChI=1S/C17H24FN3/c1-19-16(20-11-13-3-7-15(18)8-4-13)21-12-17(9-2-10-17)14-5-6-14/h3-4,7-8,14H,2,5-6,9-12H2,1H3,(H2,19,20,21). The molecule has 0 saturated heterocycles. The predicted octanol–water partition coefficient (Wildman–Crippen LogP) is 3.07. The fourth-order valence-electron chi connectivity index (χ4n) is 3.32. The van der Waals surface area contributed by atoms with Crippen LogP contribution in [0.3, 0.4) is 0 Å². The SMILES string of the molecule is CN=C(NCc1ccc(F)cc1)NCC1(C2CC2)CCC1. The van der Waals surface area contributed by atoms with Crippen molar-refractivity contribution in [3.63, 3.8) is 0 Å². The van der Waals surface area contributed by atoms with E-state index in [9.17, 15) is 4.39 Å². The Hall–Kier alpha value is -1.58. The molecule has 1 aromatic rings. The van der Waals surface area contributed by atoms with E-state index in [-0.39, 0.29) is 5.82 Å². The van der Waals surface area contributed by atoms with Crippen molar-refractivity contribution < 1.29 is 4.39 Å². The smallest absolute Gasteiger partial charge is 0.191 e. The molecule has 3 nitrogen and oxygen atoms in total. The van der Waals surface area contributed by atoms with E-state index in [0.717, 1.165) is 24.0 Å². The second-order valence-corrected chi connectivity index (χ2v) is 6.40. The number of nitrogens with zero attached hydrogens (tertiary/aromatic N) is 1. The van der Waals surface area contributed by atoms with E-state index < -0.39 is 0 Å². The molecule has 3 rings (SSSR count). The molecule has 2 saturated carbocycles. The van der Waals surface area contributed by atoms with Gasteiger partial charge in [-0.1, -0.05) is 18.6 Å². The molecule has 0 atom stereocenters. The number of hydrogen-bond acceptors (Lipinski definition) is 1. The summed E-state index contributed by atoms with van der Waals surface area (Å²) in [5.41, 5.74) is 1.59. The van der Waals surface area contributed by atoms with Crippen LogP contribution in [0.5, 0.6) is 0 Å². The van der Waals surface area contributed by atoms with Crippen molar-refractivity contribution in [2.75, 3.05) is 13.6 Å². The van der Waals surface area contributed by atoms with Gasteiger partial charge in [0.15, 0.2) is 5.96 Å². The Kier molecular flexibility index (Phi) is 4.13. The van der Waals surface area contributed by atoms with Gasteiger partial charge in [0.2, 0.25) is 0 Å². The number of hydrogen-bond donors (Lipinski definition) is 2. The normalized spacial score (nSPS) is 20.8. The van der Waals surface area contributed by atoms with Crippen LogP contribution in [0.1, 0.15) is 37.7 Å². The molecule has 0 amide bonds. The largest absolute Gasteiger partial charge is 0.356 e.